The van der Waals surface area contributed by atoms with Gasteiger partial charge in [0, 0.05) is 18.9 Å². The first kappa shape index (κ1) is 24.1. The van der Waals surface area contributed by atoms with Crippen LogP contribution in [0.1, 0.15) is 64.7 Å². The van der Waals surface area contributed by atoms with Crippen LogP contribution in [0.4, 0.5) is 0 Å². The number of carboxylic acid groups (broad SMARTS) is 1. The van der Waals surface area contributed by atoms with Gasteiger partial charge in [0.25, 0.3) is 0 Å². The Morgan fingerprint density at radius 2 is 1.31 bits per heavy atom. The molecule has 0 aliphatic rings. The summed E-state index contributed by atoms with van der Waals surface area (Å²) in [4.78, 5) is 10.2. The van der Waals surface area contributed by atoms with Crippen molar-refractivity contribution < 1.29 is 20.1 Å². The molecule has 0 aromatic heterocycles. The quantitative estimate of drug-likeness (QED) is 0.165. The largest absolute Gasteiger partial charge is 0.478 e. The van der Waals surface area contributed by atoms with Crippen molar-refractivity contribution >= 4 is 5.97 Å². The van der Waals surface area contributed by atoms with Crippen LogP contribution >= 0.6 is 0 Å². The van der Waals surface area contributed by atoms with E-state index in [4.69, 9.17) is 5.11 Å². The third-order valence-corrected chi connectivity index (χ3v) is 3.78. The molecular weight excluding hydrogens is 328 g/mol. The normalized spacial score (nSPS) is 13.3. The van der Waals surface area contributed by atoms with E-state index in [0.717, 1.165) is 51.0 Å². The van der Waals surface area contributed by atoms with E-state index >= 15 is 0 Å². The summed E-state index contributed by atoms with van der Waals surface area (Å²) in [6.07, 6.45) is 25.4. The Labute approximate surface area is 157 Å². The van der Waals surface area contributed by atoms with Crippen LogP contribution in [0, 0.1) is 0 Å². The van der Waals surface area contributed by atoms with Crippen molar-refractivity contribution in [2.24, 2.45) is 0 Å². The molecule has 0 saturated heterocycles. The number of aliphatic hydroxyl groups is 2. The fourth-order valence-corrected chi connectivity index (χ4v) is 2.33. The number of carboxylic acids is 1. The van der Waals surface area contributed by atoms with Crippen LogP contribution in [0.3, 0.4) is 0 Å². The lowest BCUT2D eigenvalue weighted by Gasteiger charge is -2.21. The van der Waals surface area contributed by atoms with Crippen LogP contribution in [0.15, 0.2) is 60.8 Å². The first-order valence-electron chi connectivity index (χ1n) is 9.49. The minimum absolute atomic E-state index is 0.459. The van der Waals surface area contributed by atoms with Crippen LogP contribution in [0.25, 0.3) is 0 Å². The lowest BCUT2D eigenvalue weighted by molar-refractivity contribution is -0.172. The summed E-state index contributed by atoms with van der Waals surface area (Å²) in [5, 5.41) is 28.1. The Bertz CT molecular complexity index is 496. The zero-order chi connectivity index (χ0) is 19.5. The van der Waals surface area contributed by atoms with Gasteiger partial charge in [-0.05, 0) is 25.7 Å². The number of carbonyl (C=O) groups is 1. The molecule has 0 spiro atoms. The standard InChI is InChI=1S/C22H34O4/c1-2-3-16-19-22(25,26)20-17-14-12-10-8-6-4-5-7-9-11-13-15-18-21(23)24/h4-9,11,13,15,18,25-26H,2-3,10,12,14,16-17,19-20H2,1H3,(H,23,24)/b5-4+,8-6+,9-7+,13-11+,18-15+. The van der Waals surface area contributed by atoms with E-state index in [1.165, 1.54) is 6.08 Å². The van der Waals surface area contributed by atoms with Gasteiger partial charge >= 0.3 is 5.97 Å². The molecule has 0 unspecified atom stereocenters. The Hall–Kier alpha value is -1.91. The van der Waals surface area contributed by atoms with Gasteiger partial charge in [-0.3, -0.25) is 0 Å². The van der Waals surface area contributed by atoms with Crippen LogP contribution < -0.4 is 0 Å². The number of rotatable bonds is 15. The molecule has 4 nitrogen and oxygen atoms in total. The molecule has 0 radical (unpaired) electrons. The third-order valence-electron chi connectivity index (χ3n) is 3.78. The number of hydrogen-bond donors (Lipinski definition) is 3. The molecular formula is C22H34O4. The molecule has 0 aromatic carbocycles. The van der Waals surface area contributed by atoms with Gasteiger partial charge in [0.15, 0.2) is 5.79 Å². The lowest BCUT2D eigenvalue weighted by Crippen LogP contribution is -2.27. The highest BCUT2D eigenvalue weighted by molar-refractivity contribution is 5.80. The molecule has 146 valence electrons. The highest BCUT2D eigenvalue weighted by atomic mass is 16.5. The topological polar surface area (TPSA) is 77.8 Å². The van der Waals surface area contributed by atoms with E-state index in [9.17, 15) is 15.0 Å². The molecule has 0 rings (SSSR count). The molecule has 0 aliphatic heterocycles. The van der Waals surface area contributed by atoms with E-state index in [2.05, 4.69) is 13.0 Å². The van der Waals surface area contributed by atoms with Crippen molar-refractivity contribution in [3.05, 3.63) is 60.8 Å². The molecule has 0 aromatic rings. The summed E-state index contributed by atoms with van der Waals surface area (Å²) < 4.78 is 0. The second-order valence-electron chi connectivity index (χ2n) is 6.32. The second kappa shape index (κ2) is 16.6. The van der Waals surface area contributed by atoms with Gasteiger partial charge in [0.1, 0.15) is 0 Å². The maximum atomic E-state index is 10.2. The first-order valence-corrected chi connectivity index (χ1v) is 9.49. The number of aliphatic carboxylic acids is 1. The Morgan fingerprint density at radius 3 is 1.88 bits per heavy atom. The Balaban J connectivity index is 3.68. The van der Waals surface area contributed by atoms with Crippen molar-refractivity contribution in [1.82, 2.24) is 0 Å². The molecule has 0 amide bonds. The average Bonchev–Trinajstić information content (AvgIpc) is 2.58. The molecule has 0 bridgehead atoms. The van der Waals surface area contributed by atoms with Gasteiger partial charge in [-0.2, -0.15) is 0 Å². The zero-order valence-corrected chi connectivity index (χ0v) is 15.9. The molecule has 0 saturated carbocycles. The van der Waals surface area contributed by atoms with Crippen molar-refractivity contribution in [1.29, 1.82) is 0 Å². The maximum absolute atomic E-state index is 10.2. The molecule has 26 heavy (non-hydrogen) atoms. The van der Waals surface area contributed by atoms with Crippen LogP contribution in [-0.2, 0) is 4.79 Å². The van der Waals surface area contributed by atoms with Crippen LogP contribution in [-0.4, -0.2) is 27.1 Å². The Morgan fingerprint density at radius 1 is 0.769 bits per heavy atom. The predicted molar refractivity (Wildman–Crippen MR) is 108 cm³/mol. The van der Waals surface area contributed by atoms with E-state index in [0.29, 0.717) is 12.8 Å². The molecule has 0 aliphatic carbocycles. The Kier molecular flexibility index (Phi) is 15.3. The summed E-state index contributed by atoms with van der Waals surface area (Å²) in [7, 11) is 0. The van der Waals surface area contributed by atoms with Gasteiger partial charge in [-0.1, -0.05) is 80.9 Å². The second-order valence-corrected chi connectivity index (χ2v) is 6.32. The monoisotopic (exact) mass is 362 g/mol. The molecule has 0 fully saturated rings. The molecule has 0 atom stereocenters. The highest BCUT2D eigenvalue weighted by Crippen LogP contribution is 2.19. The molecule has 4 heteroatoms. The predicted octanol–water partition coefficient (Wildman–Crippen LogP) is 5.06. The van der Waals surface area contributed by atoms with Gasteiger partial charge in [0.05, 0.1) is 0 Å². The van der Waals surface area contributed by atoms with Crippen molar-refractivity contribution in [3.8, 4) is 0 Å². The SMILES string of the molecule is CCCCCC(O)(O)CCCCC/C=C/C=C/C=C/C=C/C=C/C(=O)O. The summed E-state index contributed by atoms with van der Waals surface area (Å²) >= 11 is 0. The van der Waals surface area contributed by atoms with Crippen molar-refractivity contribution in [3.63, 3.8) is 0 Å². The number of unbranched alkanes of at least 4 members (excludes halogenated alkanes) is 5. The van der Waals surface area contributed by atoms with Crippen LogP contribution in [0.2, 0.25) is 0 Å². The van der Waals surface area contributed by atoms with Crippen molar-refractivity contribution in [2.45, 2.75) is 70.5 Å². The highest BCUT2D eigenvalue weighted by Gasteiger charge is 2.20. The zero-order valence-electron chi connectivity index (χ0n) is 15.9. The maximum Gasteiger partial charge on any atom is 0.328 e. The van der Waals surface area contributed by atoms with Gasteiger partial charge in [-0.15, -0.1) is 0 Å². The fourth-order valence-electron chi connectivity index (χ4n) is 2.33. The van der Waals surface area contributed by atoms with E-state index in [-0.39, 0.29) is 0 Å². The smallest absolute Gasteiger partial charge is 0.328 e. The summed E-state index contributed by atoms with van der Waals surface area (Å²) in [6.45, 7) is 2.11. The van der Waals surface area contributed by atoms with Gasteiger partial charge < -0.3 is 15.3 Å². The third kappa shape index (κ3) is 18.4. The molecule has 0 heterocycles. The van der Waals surface area contributed by atoms with Crippen molar-refractivity contribution in [2.75, 3.05) is 0 Å². The number of hydrogen-bond acceptors (Lipinski definition) is 3. The van der Waals surface area contributed by atoms with Crippen LogP contribution in [0.5, 0.6) is 0 Å². The van der Waals surface area contributed by atoms with E-state index in [1.54, 1.807) is 12.2 Å². The summed E-state index contributed by atoms with van der Waals surface area (Å²) in [5.41, 5.74) is 0. The van der Waals surface area contributed by atoms with E-state index < -0.39 is 11.8 Å². The lowest BCUT2D eigenvalue weighted by atomic mass is 10.0. The minimum atomic E-state index is -1.49. The number of allylic oxidation sites excluding steroid dienone is 9. The minimum Gasteiger partial charge on any atom is -0.478 e. The van der Waals surface area contributed by atoms with Gasteiger partial charge in [0.2, 0.25) is 0 Å². The van der Waals surface area contributed by atoms with E-state index in [1.807, 2.05) is 30.4 Å². The first-order chi connectivity index (χ1) is 12.5. The average molecular weight is 363 g/mol. The fraction of sp³-hybridized carbons (Fsp3) is 0.500. The summed E-state index contributed by atoms with van der Waals surface area (Å²) in [5.74, 6) is -2.44. The van der Waals surface area contributed by atoms with Gasteiger partial charge in [-0.25, -0.2) is 4.79 Å². The summed E-state index contributed by atoms with van der Waals surface area (Å²) in [6, 6.07) is 0. The molecule has 3 N–H and O–H groups in total.